The van der Waals surface area contributed by atoms with Crippen LogP contribution in [-0.4, -0.2) is 23.4 Å². The average Bonchev–Trinajstić information content (AvgIpc) is 2.88. The van der Waals surface area contributed by atoms with Gasteiger partial charge < -0.3 is 10.2 Å². The van der Waals surface area contributed by atoms with Gasteiger partial charge in [-0.3, -0.25) is 9.59 Å². The van der Waals surface area contributed by atoms with E-state index in [4.69, 9.17) is 0 Å². The zero-order chi connectivity index (χ0) is 27.8. The highest BCUT2D eigenvalue weighted by Crippen LogP contribution is 2.37. The van der Waals surface area contributed by atoms with Crippen molar-refractivity contribution >= 4 is 22.7 Å². The summed E-state index contributed by atoms with van der Waals surface area (Å²) in [6.07, 6.45) is 7.56. The zero-order valence-electron chi connectivity index (χ0n) is 23.2. The van der Waals surface area contributed by atoms with Gasteiger partial charge in [0.2, 0.25) is 0 Å². The zero-order valence-corrected chi connectivity index (χ0v) is 24.9. The maximum atomic E-state index is 12.6. The first-order chi connectivity index (χ1) is 18.0. The van der Waals surface area contributed by atoms with Gasteiger partial charge in [-0.1, -0.05) is 64.8 Å². The number of benzene rings is 1. The predicted molar refractivity (Wildman–Crippen MR) is 162 cm³/mol. The Labute approximate surface area is 235 Å². The van der Waals surface area contributed by atoms with Crippen LogP contribution in [0.5, 0.6) is 0 Å². The Kier molecular flexibility index (Phi) is 11.0. The number of rotatable bonds is 14. The lowest BCUT2D eigenvalue weighted by atomic mass is 9.88. The van der Waals surface area contributed by atoms with Crippen molar-refractivity contribution < 1.29 is 10.2 Å². The van der Waals surface area contributed by atoms with Crippen molar-refractivity contribution in [2.24, 2.45) is 10.8 Å². The molecule has 0 radical (unpaired) electrons. The molecule has 0 unspecified atom stereocenters. The third kappa shape index (κ3) is 9.26. The monoisotopic (exact) mass is 554 g/mol. The standard InChI is InChI=1S/C32H42O4S2/c1-31(2,21-33)15-9-7-11-25-17-23(35)19-29(37-25)27-13-5-6-14-28(27)30-20-24(36)18-26(38-30)12-8-10-16-32(3,4)22-34/h5-6,13-14,17-20,33-34H,7-12,15-16,21-22H2,1-4H3. The molecule has 6 heteroatoms. The van der Waals surface area contributed by atoms with E-state index in [1.54, 1.807) is 46.9 Å². The molecule has 0 atom stereocenters. The maximum absolute atomic E-state index is 12.6. The summed E-state index contributed by atoms with van der Waals surface area (Å²) in [7, 11) is 0. The van der Waals surface area contributed by atoms with Gasteiger partial charge in [-0.25, -0.2) is 0 Å². The molecule has 0 saturated carbocycles. The molecule has 2 heterocycles. The van der Waals surface area contributed by atoms with Crippen LogP contribution >= 0.6 is 22.7 Å². The molecule has 0 saturated heterocycles. The first-order valence-electron chi connectivity index (χ1n) is 13.6. The molecule has 0 aliphatic carbocycles. The minimum Gasteiger partial charge on any atom is -0.396 e. The lowest BCUT2D eigenvalue weighted by Crippen LogP contribution is -2.16. The SMILES string of the molecule is CC(C)(CO)CCCCc1cc(=O)cc(-c2ccccc2-c2cc(=O)cc(CCCCC(C)(C)CO)s2)s1. The molecular formula is C32H42O4S2. The Balaban J connectivity index is 1.80. The minimum atomic E-state index is -0.0694. The number of aryl methyl sites for hydroxylation is 2. The predicted octanol–water partition coefficient (Wildman–Crippen LogP) is 7.33. The molecule has 4 nitrogen and oxygen atoms in total. The number of hydrogen-bond acceptors (Lipinski definition) is 6. The Bertz CT molecular complexity index is 1200. The third-order valence-electron chi connectivity index (χ3n) is 7.00. The summed E-state index contributed by atoms with van der Waals surface area (Å²) in [6, 6.07) is 14.9. The molecule has 0 bridgehead atoms. The van der Waals surface area contributed by atoms with Gasteiger partial charge in [0.25, 0.3) is 0 Å². The quantitative estimate of drug-likeness (QED) is 0.205. The van der Waals surface area contributed by atoms with E-state index in [0.29, 0.717) is 0 Å². The molecule has 0 amide bonds. The largest absolute Gasteiger partial charge is 0.396 e. The van der Waals surface area contributed by atoms with Crippen LogP contribution in [-0.2, 0) is 12.8 Å². The van der Waals surface area contributed by atoms with E-state index >= 15 is 0 Å². The Morgan fingerprint density at radius 3 is 1.39 bits per heavy atom. The van der Waals surface area contributed by atoms with Crippen molar-refractivity contribution in [3.05, 3.63) is 78.7 Å². The van der Waals surface area contributed by atoms with Gasteiger partial charge in [-0.2, -0.15) is 0 Å². The van der Waals surface area contributed by atoms with Crippen LogP contribution in [0, 0.1) is 10.8 Å². The molecule has 38 heavy (non-hydrogen) atoms. The first-order valence-corrected chi connectivity index (χ1v) is 15.2. The smallest absolute Gasteiger partial charge is 0.181 e. The normalized spacial score (nSPS) is 12.2. The fourth-order valence-corrected chi connectivity index (χ4v) is 6.78. The van der Waals surface area contributed by atoms with Crippen molar-refractivity contribution in [1.82, 2.24) is 0 Å². The van der Waals surface area contributed by atoms with Crippen molar-refractivity contribution in [1.29, 1.82) is 0 Å². The number of unbranched alkanes of at least 4 members (excludes halogenated alkanes) is 2. The average molecular weight is 555 g/mol. The van der Waals surface area contributed by atoms with Crippen LogP contribution in [0.2, 0.25) is 0 Å². The van der Waals surface area contributed by atoms with Crippen LogP contribution < -0.4 is 10.9 Å². The second kappa shape index (κ2) is 13.8. The van der Waals surface area contributed by atoms with Crippen LogP contribution in [0.1, 0.15) is 76.0 Å². The first kappa shape index (κ1) is 30.4. The Hall–Kier alpha value is -2.12. The van der Waals surface area contributed by atoms with Crippen molar-refractivity contribution in [2.75, 3.05) is 13.2 Å². The molecule has 3 aromatic rings. The fourth-order valence-electron chi connectivity index (χ4n) is 4.45. The molecule has 0 aliphatic rings. The number of hydrogen-bond donors (Lipinski definition) is 2. The highest BCUT2D eigenvalue weighted by molar-refractivity contribution is 7.16. The molecule has 2 N–H and O–H groups in total. The molecule has 3 rings (SSSR count). The van der Waals surface area contributed by atoms with E-state index in [2.05, 4.69) is 27.7 Å². The van der Waals surface area contributed by atoms with Crippen molar-refractivity contribution in [3.8, 4) is 20.9 Å². The van der Waals surface area contributed by atoms with E-state index in [9.17, 15) is 19.8 Å². The van der Waals surface area contributed by atoms with Gasteiger partial charge in [-0.05, 0) is 61.5 Å². The molecule has 0 fully saturated rings. The summed E-state index contributed by atoms with van der Waals surface area (Å²) in [5.74, 6) is 0. The van der Waals surface area contributed by atoms with E-state index in [1.165, 1.54) is 0 Å². The van der Waals surface area contributed by atoms with Crippen LogP contribution in [0.25, 0.3) is 20.9 Å². The topological polar surface area (TPSA) is 74.6 Å². The summed E-state index contributed by atoms with van der Waals surface area (Å²) in [5.41, 5.74) is 1.84. The molecule has 0 spiro atoms. The molecule has 206 valence electrons. The lowest BCUT2D eigenvalue weighted by Gasteiger charge is -2.21. The number of aliphatic hydroxyl groups is 2. The summed E-state index contributed by atoms with van der Waals surface area (Å²) >= 11 is 3.30. The highest BCUT2D eigenvalue weighted by Gasteiger charge is 2.17. The Morgan fingerprint density at radius 1 is 0.632 bits per heavy atom. The second-order valence-electron chi connectivity index (χ2n) is 11.9. The molecule has 1 aromatic carbocycles. The van der Waals surface area contributed by atoms with Crippen molar-refractivity contribution in [3.63, 3.8) is 0 Å². The third-order valence-corrected chi connectivity index (χ3v) is 9.29. The summed E-state index contributed by atoms with van der Waals surface area (Å²) in [5, 5.41) is 19.0. The van der Waals surface area contributed by atoms with Crippen LogP contribution in [0.3, 0.4) is 0 Å². The van der Waals surface area contributed by atoms with Gasteiger partial charge in [0.15, 0.2) is 10.9 Å². The van der Waals surface area contributed by atoms with Gasteiger partial charge in [0.1, 0.15) is 0 Å². The number of aliphatic hydroxyl groups excluding tert-OH is 2. The van der Waals surface area contributed by atoms with Gasteiger partial charge in [-0.15, -0.1) is 22.7 Å². The highest BCUT2D eigenvalue weighted by atomic mass is 32.1. The fraction of sp³-hybridized carbons (Fsp3) is 0.500. The second-order valence-corrected chi connectivity index (χ2v) is 14.2. The summed E-state index contributed by atoms with van der Waals surface area (Å²) < 4.78 is 0. The van der Waals surface area contributed by atoms with Gasteiger partial charge >= 0.3 is 0 Å². The summed E-state index contributed by atoms with van der Waals surface area (Å²) in [4.78, 5) is 29.2. The van der Waals surface area contributed by atoms with Crippen LogP contribution in [0.15, 0.2) is 58.1 Å². The molecule has 0 aliphatic heterocycles. The Morgan fingerprint density at radius 2 is 1.03 bits per heavy atom. The summed E-state index contributed by atoms with van der Waals surface area (Å²) in [6.45, 7) is 8.66. The minimum absolute atomic E-state index is 0.00647. The van der Waals surface area contributed by atoms with Crippen LogP contribution in [0.4, 0.5) is 0 Å². The molecular weight excluding hydrogens is 512 g/mol. The molecule has 2 aromatic heterocycles. The van der Waals surface area contributed by atoms with E-state index < -0.39 is 0 Å². The van der Waals surface area contributed by atoms with Crippen molar-refractivity contribution in [2.45, 2.75) is 79.1 Å². The van der Waals surface area contributed by atoms with E-state index in [-0.39, 0.29) is 34.9 Å². The maximum Gasteiger partial charge on any atom is 0.181 e. The van der Waals surface area contributed by atoms with Gasteiger partial charge in [0.05, 0.1) is 0 Å². The lowest BCUT2D eigenvalue weighted by molar-refractivity contribution is 0.147. The van der Waals surface area contributed by atoms with E-state index in [0.717, 1.165) is 82.0 Å². The van der Waals surface area contributed by atoms with Gasteiger partial charge in [0, 0.05) is 56.0 Å². The van der Waals surface area contributed by atoms with E-state index in [1.807, 2.05) is 24.3 Å².